The van der Waals surface area contributed by atoms with Crippen molar-refractivity contribution in [2.24, 2.45) is 0 Å². The standard InChI is InChI=1S/C15H10N2O4S/c1-22(21)11-5-12(20)17-9-4-7(18)2-3-8(9)13-10(19)6-16-14(11)15(13)17/h2-6,16,19H,1H3/t22-/m1/s1. The molecule has 0 radical (unpaired) electrons. The molecule has 3 heterocycles. The van der Waals surface area contributed by atoms with E-state index in [0.29, 0.717) is 32.2 Å². The molecule has 3 aromatic heterocycles. The molecule has 1 aromatic carbocycles. The Hall–Kier alpha value is -2.67. The number of fused-ring (bicyclic) bond motifs is 3. The number of aromatic nitrogens is 2. The van der Waals surface area contributed by atoms with Gasteiger partial charge in [-0.1, -0.05) is 0 Å². The predicted octanol–water partition coefficient (Wildman–Crippen LogP) is 1.17. The topological polar surface area (TPSA) is 91.6 Å². The van der Waals surface area contributed by atoms with Crippen molar-refractivity contribution in [1.82, 2.24) is 9.38 Å². The van der Waals surface area contributed by atoms with Gasteiger partial charge < -0.3 is 10.1 Å². The maximum Gasteiger partial charge on any atom is 0.256 e. The Labute approximate surface area is 125 Å². The average molecular weight is 314 g/mol. The fraction of sp³-hybridized carbons (Fsp3) is 0.0667. The second kappa shape index (κ2) is 4.17. The first-order valence-corrected chi connectivity index (χ1v) is 8.03. The van der Waals surface area contributed by atoms with E-state index < -0.39 is 10.8 Å². The van der Waals surface area contributed by atoms with Gasteiger partial charge in [0, 0.05) is 30.0 Å². The van der Waals surface area contributed by atoms with Crippen LogP contribution >= 0.6 is 0 Å². The van der Waals surface area contributed by atoms with E-state index >= 15 is 0 Å². The lowest BCUT2D eigenvalue weighted by Crippen LogP contribution is -2.14. The van der Waals surface area contributed by atoms with Crippen molar-refractivity contribution >= 4 is 38.1 Å². The summed E-state index contributed by atoms with van der Waals surface area (Å²) in [7, 11) is -1.37. The molecule has 0 unspecified atom stereocenters. The number of pyridine rings is 2. The van der Waals surface area contributed by atoms with E-state index in [1.165, 1.54) is 35.1 Å². The van der Waals surface area contributed by atoms with Gasteiger partial charge in [0.05, 0.1) is 37.6 Å². The van der Waals surface area contributed by atoms with Gasteiger partial charge in [-0.25, -0.2) is 0 Å². The Kier molecular flexibility index (Phi) is 2.47. The lowest BCUT2D eigenvalue weighted by molar-refractivity contribution is 0.480. The largest absolute Gasteiger partial charge is 0.506 e. The van der Waals surface area contributed by atoms with Gasteiger partial charge in [0.1, 0.15) is 5.75 Å². The molecule has 0 saturated heterocycles. The Morgan fingerprint density at radius 3 is 2.73 bits per heavy atom. The van der Waals surface area contributed by atoms with Gasteiger partial charge in [-0.05, 0) is 12.1 Å². The van der Waals surface area contributed by atoms with Crippen LogP contribution in [0.4, 0.5) is 0 Å². The number of aromatic amines is 1. The van der Waals surface area contributed by atoms with Crippen molar-refractivity contribution in [2.75, 3.05) is 6.26 Å². The minimum Gasteiger partial charge on any atom is -0.506 e. The summed E-state index contributed by atoms with van der Waals surface area (Å²) >= 11 is 0. The van der Waals surface area contributed by atoms with E-state index in [9.17, 15) is 18.9 Å². The first-order valence-electron chi connectivity index (χ1n) is 6.47. The molecule has 0 aliphatic carbocycles. The molecule has 4 aromatic rings. The molecule has 6 nitrogen and oxygen atoms in total. The average Bonchev–Trinajstić information content (AvgIpc) is 2.80. The Morgan fingerprint density at radius 1 is 1.23 bits per heavy atom. The maximum absolute atomic E-state index is 12.4. The van der Waals surface area contributed by atoms with Crippen molar-refractivity contribution < 1.29 is 9.32 Å². The zero-order valence-corrected chi connectivity index (χ0v) is 12.2. The molecule has 0 amide bonds. The molecular weight excluding hydrogens is 304 g/mol. The number of nitrogens with one attached hydrogen (secondary N) is 1. The van der Waals surface area contributed by atoms with Gasteiger partial charge >= 0.3 is 0 Å². The number of nitrogens with zero attached hydrogens (tertiary/aromatic N) is 1. The van der Waals surface area contributed by atoms with Crippen LogP contribution in [-0.4, -0.2) is 25.0 Å². The predicted molar refractivity (Wildman–Crippen MR) is 84.5 cm³/mol. The maximum atomic E-state index is 12.4. The minimum absolute atomic E-state index is 0.0305. The fourth-order valence-electron chi connectivity index (χ4n) is 2.94. The molecule has 22 heavy (non-hydrogen) atoms. The van der Waals surface area contributed by atoms with Gasteiger partial charge in [-0.2, -0.15) is 0 Å². The molecule has 0 aliphatic rings. The van der Waals surface area contributed by atoms with Gasteiger partial charge in [0.2, 0.25) is 0 Å². The SMILES string of the molecule is C[S@@](=O)c1cc(=O)n2c3cc(=O)ccc3c3c(O)c[nH]c1c32. The third kappa shape index (κ3) is 1.51. The molecule has 110 valence electrons. The number of aromatic hydroxyl groups is 1. The zero-order valence-electron chi connectivity index (χ0n) is 11.4. The Bertz CT molecular complexity index is 1210. The molecule has 7 heteroatoms. The number of H-pyrrole nitrogens is 1. The Balaban J connectivity index is 2.49. The summed E-state index contributed by atoms with van der Waals surface area (Å²) in [6.45, 7) is 0. The third-order valence-electron chi connectivity index (χ3n) is 3.82. The van der Waals surface area contributed by atoms with Crippen molar-refractivity contribution in [1.29, 1.82) is 0 Å². The monoisotopic (exact) mass is 314 g/mol. The smallest absolute Gasteiger partial charge is 0.256 e. The third-order valence-corrected chi connectivity index (χ3v) is 4.76. The summed E-state index contributed by atoms with van der Waals surface area (Å²) in [5, 5.41) is 11.2. The summed E-state index contributed by atoms with van der Waals surface area (Å²) < 4.78 is 13.3. The first kappa shape index (κ1) is 13.0. The highest BCUT2D eigenvalue weighted by Crippen LogP contribution is 2.36. The summed E-state index contributed by atoms with van der Waals surface area (Å²) in [6.07, 6.45) is 2.88. The van der Waals surface area contributed by atoms with Gasteiger partial charge in [0.15, 0.2) is 5.43 Å². The van der Waals surface area contributed by atoms with Crippen LogP contribution in [-0.2, 0) is 10.8 Å². The first-order chi connectivity index (χ1) is 10.5. The van der Waals surface area contributed by atoms with E-state index in [4.69, 9.17) is 0 Å². The molecule has 0 saturated carbocycles. The summed E-state index contributed by atoms with van der Waals surface area (Å²) in [5.74, 6) is -0.0305. The van der Waals surface area contributed by atoms with Gasteiger partial charge in [0.25, 0.3) is 5.56 Å². The molecular formula is C15H10N2O4S. The van der Waals surface area contributed by atoms with Crippen LogP contribution in [0, 0.1) is 0 Å². The van der Waals surface area contributed by atoms with Crippen LogP contribution in [0.25, 0.3) is 27.3 Å². The fourth-order valence-corrected chi connectivity index (χ4v) is 3.65. The van der Waals surface area contributed by atoms with Crippen molar-refractivity contribution in [3.63, 3.8) is 0 Å². The summed E-state index contributed by atoms with van der Waals surface area (Å²) in [5.41, 5.74) is 0.775. The number of hydrogen-bond donors (Lipinski definition) is 2. The van der Waals surface area contributed by atoms with Gasteiger partial charge in [-0.15, -0.1) is 0 Å². The van der Waals surface area contributed by atoms with Crippen molar-refractivity contribution in [3.8, 4) is 5.75 Å². The molecule has 0 aliphatic heterocycles. The lowest BCUT2D eigenvalue weighted by atomic mass is 10.1. The highest BCUT2D eigenvalue weighted by atomic mass is 32.2. The zero-order chi connectivity index (χ0) is 15.6. The van der Waals surface area contributed by atoms with E-state index in [2.05, 4.69) is 4.98 Å². The van der Waals surface area contributed by atoms with Crippen LogP contribution in [0.5, 0.6) is 5.75 Å². The van der Waals surface area contributed by atoms with Crippen molar-refractivity contribution in [3.05, 3.63) is 51.0 Å². The van der Waals surface area contributed by atoms with Crippen LogP contribution in [0.2, 0.25) is 0 Å². The summed E-state index contributed by atoms with van der Waals surface area (Å²) in [6, 6.07) is 5.62. The number of hydrogen-bond acceptors (Lipinski definition) is 4. The molecule has 0 spiro atoms. The van der Waals surface area contributed by atoms with E-state index in [1.807, 2.05) is 0 Å². The number of rotatable bonds is 1. The summed E-state index contributed by atoms with van der Waals surface area (Å²) in [4.78, 5) is 27.3. The van der Waals surface area contributed by atoms with Crippen LogP contribution in [0.1, 0.15) is 0 Å². The highest BCUT2D eigenvalue weighted by molar-refractivity contribution is 7.84. The van der Waals surface area contributed by atoms with Crippen LogP contribution < -0.4 is 11.0 Å². The van der Waals surface area contributed by atoms with Crippen LogP contribution in [0.15, 0.2) is 44.9 Å². The van der Waals surface area contributed by atoms with E-state index in [-0.39, 0.29) is 16.7 Å². The van der Waals surface area contributed by atoms with E-state index in [0.717, 1.165) is 0 Å². The quantitative estimate of drug-likeness (QED) is 0.552. The van der Waals surface area contributed by atoms with Crippen molar-refractivity contribution in [2.45, 2.75) is 4.90 Å². The molecule has 4 rings (SSSR count). The minimum atomic E-state index is -1.37. The molecule has 1 atom stereocenters. The normalized spacial score (nSPS) is 13.3. The lowest BCUT2D eigenvalue weighted by Gasteiger charge is -2.06. The van der Waals surface area contributed by atoms with E-state index in [1.54, 1.807) is 6.07 Å². The highest BCUT2D eigenvalue weighted by Gasteiger charge is 2.20. The Morgan fingerprint density at radius 2 is 2.00 bits per heavy atom. The molecule has 0 bridgehead atoms. The second-order valence-corrected chi connectivity index (χ2v) is 6.44. The molecule has 0 fully saturated rings. The van der Waals surface area contributed by atoms with Crippen LogP contribution in [0.3, 0.4) is 0 Å². The molecule has 2 N–H and O–H groups in total. The number of benzene rings is 1. The van der Waals surface area contributed by atoms with Gasteiger partial charge in [-0.3, -0.25) is 18.2 Å². The second-order valence-electron chi connectivity index (χ2n) is 5.09.